The molecule has 0 spiro atoms. The SMILES string of the molecule is CCOC(=O)c1c(C)[nH]c(C(=O)C(=O)Nc2cccc(C)c2C)c1-c1ccc(F)cc1. The summed E-state index contributed by atoms with van der Waals surface area (Å²) in [5.74, 6) is -2.80. The van der Waals surface area contributed by atoms with E-state index < -0.39 is 23.5 Å². The van der Waals surface area contributed by atoms with Crippen molar-refractivity contribution in [1.29, 1.82) is 0 Å². The first-order valence-electron chi connectivity index (χ1n) is 9.82. The first-order valence-corrected chi connectivity index (χ1v) is 9.82. The number of aromatic nitrogens is 1. The summed E-state index contributed by atoms with van der Waals surface area (Å²) < 4.78 is 18.6. The maximum absolute atomic E-state index is 13.5. The Morgan fingerprint density at radius 2 is 1.71 bits per heavy atom. The highest BCUT2D eigenvalue weighted by Gasteiger charge is 2.30. The van der Waals surface area contributed by atoms with Crippen LogP contribution >= 0.6 is 0 Å². The van der Waals surface area contributed by atoms with Gasteiger partial charge in [0.15, 0.2) is 0 Å². The summed E-state index contributed by atoms with van der Waals surface area (Å²) in [6.07, 6.45) is 0. The average molecular weight is 422 g/mol. The lowest BCUT2D eigenvalue weighted by Crippen LogP contribution is -2.24. The van der Waals surface area contributed by atoms with E-state index in [-0.39, 0.29) is 23.4 Å². The van der Waals surface area contributed by atoms with Crippen LogP contribution in [0, 0.1) is 26.6 Å². The molecule has 3 rings (SSSR count). The number of ether oxygens (including phenoxy) is 1. The number of hydrogen-bond donors (Lipinski definition) is 2. The van der Waals surface area contributed by atoms with E-state index in [2.05, 4.69) is 10.3 Å². The van der Waals surface area contributed by atoms with Crippen LogP contribution in [0.1, 0.15) is 44.6 Å². The summed E-state index contributed by atoms with van der Waals surface area (Å²) >= 11 is 0. The molecule has 1 amide bonds. The maximum atomic E-state index is 13.5. The molecule has 0 aliphatic rings. The Kier molecular flexibility index (Phi) is 6.34. The lowest BCUT2D eigenvalue weighted by Gasteiger charge is -2.11. The van der Waals surface area contributed by atoms with Crippen LogP contribution in [-0.2, 0) is 9.53 Å². The zero-order valence-electron chi connectivity index (χ0n) is 17.8. The number of carbonyl (C=O) groups is 3. The van der Waals surface area contributed by atoms with E-state index in [0.29, 0.717) is 16.9 Å². The Labute approximate surface area is 179 Å². The van der Waals surface area contributed by atoms with Gasteiger partial charge in [0.05, 0.1) is 12.2 Å². The summed E-state index contributed by atoms with van der Waals surface area (Å²) in [6.45, 7) is 7.17. The van der Waals surface area contributed by atoms with E-state index in [9.17, 15) is 18.8 Å². The minimum atomic E-state index is -0.853. The molecule has 7 heteroatoms. The van der Waals surface area contributed by atoms with Gasteiger partial charge in [-0.15, -0.1) is 0 Å². The molecule has 1 aromatic heterocycles. The van der Waals surface area contributed by atoms with Gasteiger partial charge in [-0.05, 0) is 62.6 Å². The van der Waals surface area contributed by atoms with Crippen molar-refractivity contribution in [2.24, 2.45) is 0 Å². The summed E-state index contributed by atoms with van der Waals surface area (Å²) in [7, 11) is 0. The number of ketones is 1. The third-order valence-electron chi connectivity index (χ3n) is 5.09. The summed E-state index contributed by atoms with van der Waals surface area (Å²) in [6, 6.07) is 10.7. The molecule has 31 heavy (non-hydrogen) atoms. The number of carbonyl (C=O) groups excluding carboxylic acids is 3. The number of hydrogen-bond acceptors (Lipinski definition) is 4. The van der Waals surface area contributed by atoms with Crippen LogP contribution < -0.4 is 5.32 Å². The van der Waals surface area contributed by atoms with Crippen molar-refractivity contribution >= 4 is 23.3 Å². The van der Waals surface area contributed by atoms with Gasteiger partial charge in [-0.3, -0.25) is 9.59 Å². The van der Waals surface area contributed by atoms with Gasteiger partial charge in [-0.25, -0.2) is 9.18 Å². The molecule has 0 radical (unpaired) electrons. The van der Waals surface area contributed by atoms with Crippen LogP contribution in [0.2, 0.25) is 0 Å². The van der Waals surface area contributed by atoms with E-state index in [1.165, 1.54) is 24.3 Å². The molecule has 160 valence electrons. The summed E-state index contributed by atoms with van der Waals surface area (Å²) in [5, 5.41) is 2.64. The lowest BCUT2D eigenvalue weighted by atomic mass is 9.98. The molecule has 0 unspecified atom stereocenters. The molecule has 0 saturated heterocycles. The molecule has 0 bridgehead atoms. The third kappa shape index (κ3) is 4.40. The van der Waals surface area contributed by atoms with Crippen molar-refractivity contribution < 1.29 is 23.5 Å². The molecule has 0 fully saturated rings. The average Bonchev–Trinajstić information content (AvgIpc) is 3.08. The van der Waals surface area contributed by atoms with Gasteiger partial charge in [0.25, 0.3) is 11.7 Å². The van der Waals surface area contributed by atoms with Gasteiger partial charge in [-0.1, -0.05) is 24.3 Å². The van der Waals surface area contributed by atoms with Crippen molar-refractivity contribution in [1.82, 2.24) is 4.98 Å². The van der Waals surface area contributed by atoms with Crippen molar-refractivity contribution in [3.8, 4) is 11.1 Å². The number of halogens is 1. The van der Waals surface area contributed by atoms with E-state index in [4.69, 9.17) is 4.74 Å². The second kappa shape index (κ2) is 8.95. The highest BCUT2D eigenvalue weighted by molar-refractivity contribution is 6.47. The fourth-order valence-electron chi connectivity index (χ4n) is 3.34. The smallest absolute Gasteiger partial charge is 0.340 e. The minimum Gasteiger partial charge on any atom is -0.462 e. The zero-order valence-corrected chi connectivity index (χ0v) is 17.8. The monoisotopic (exact) mass is 422 g/mol. The molecule has 0 atom stereocenters. The Morgan fingerprint density at radius 1 is 1.03 bits per heavy atom. The molecule has 6 nitrogen and oxygen atoms in total. The zero-order chi connectivity index (χ0) is 22.7. The number of H-pyrrole nitrogens is 1. The molecule has 0 aliphatic carbocycles. The second-order valence-electron chi connectivity index (χ2n) is 7.13. The van der Waals surface area contributed by atoms with Gasteiger partial charge in [0.1, 0.15) is 11.5 Å². The minimum absolute atomic E-state index is 0.0602. The highest BCUT2D eigenvalue weighted by atomic mass is 19.1. The highest BCUT2D eigenvalue weighted by Crippen LogP contribution is 2.32. The third-order valence-corrected chi connectivity index (χ3v) is 5.09. The molecule has 3 aromatic rings. The predicted octanol–water partition coefficient (Wildman–Crippen LogP) is 4.74. The first kappa shape index (κ1) is 22.0. The van der Waals surface area contributed by atoms with E-state index >= 15 is 0 Å². The molecule has 2 N–H and O–H groups in total. The fraction of sp³-hybridized carbons (Fsp3) is 0.208. The van der Waals surface area contributed by atoms with Crippen LogP contribution in [0.15, 0.2) is 42.5 Å². The molecular weight excluding hydrogens is 399 g/mol. The number of esters is 1. The van der Waals surface area contributed by atoms with E-state index in [1.54, 1.807) is 26.0 Å². The Balaban J connectivity index is 2.07. The van der Waals surface area contributed by atoms with Crippen molar-refractivity contribution in [2.75, 3.05) is 11.9 Å². The largest absolute Gasteiger partial charge is 0.462 e. The summed E-state index contributed by atoms with van der Waals surface area (Å²) in [4.78, 5) is 41.3. The van der Waals surface area contributed by atoms with Crippen LogP contribution in [0.3, 0.4) is 0 Å². The molecular formula is C24H23FN2O4. The van der Waals surface area contributed by atoms with Gasteiger partial charge < -0.3 is 15.0 Å². The van der Waals surface area contributed by atoms with Crippen LogP contribution in [-0.4, -0.2) is 29.3 Å². The number of anilines is 1. The number of rotatable bonds is 6. The number of benzene rings is 2. The van der Waals surface area contributed by atoms with Crippen molar-refractivity contribution in [2.45, 2.75) is 27.7 Å². The quantitative estimate of drug-likeness (QED) is 0.341. The first-order chi connectivity index (χ1) is 14.7. The topological polar surface area (TPSA) is 88.3 Å². The van der Waals surface area contributed by atoms with Crippen LogP contribution in [0.5, 0.6) is 0 Å². The van der Waals surface area contributed by atoms with E-state index in [1.807, 2.05) is 19.9 Å². The van der Waals surface area contributed by atoms with Crippen LogP contribution in [0.4, 0.5) is 10.1 Å². The number of aromatic amines is 1. The molecule has 2 aromatic carbocycles. The lowest BCUT2D eigenvalue weighted by molar-refractivity contribution is -0.112. The molecule has 0 aliphatic heterocycles. The van der Waals surface area contributed by atoms with Crippen LogP contribution in [0.25, 0.3) is 11.1 Å². The second-order valence-corrected chi connectivity index (χ2v) is 7.13. The van der Waals surface area contributed by atoms with Gasteiger partial charge in [0, 0.05) is 16.9 Å². The Morgan fingerprint density at radius 3 is 2.35 bits per heavy atom. The Hall–Kier alpha value is -3.74. The van der Waals surface area contributed by atoms with Crippen molar-refractivity contribution in [3.05, 3.63) is 76.4 Å². The number of aryl methyl sites for hydroxylation is 2. The van der Waals surface area contributed by atoms with E-state index in [0.717, 1.165) is 11.1 Å². The number of nitrogens with one attached hydrogen (secondary N) is 2. The molecule has 0 saturated carbocycles. The molecule has 1 heterocycles. The number of Topliss-reactive ketones (excluding diaryl/α,β-unsaturated/α-hetero) is 1. The van der Waals surface area contributed by atoms with Gasteiger partial charge in [0.2, 0.25) is 0 Å². The van der Waals surface area contributed by atoms with Gasteiger partial charge >= 0.3 is 5.97 Å². The maximum Gasteiger partial charge on any atom is 0.340 e. The number of amides is 1. The van der Waals surface area contributed by atoms with Crippen molar-refractivity contribution in [3.63, 3.8) is 0 Å². The normalized spacial score (nSPS) is 10.6. The standard InChI is InChI=1S/C24H23FN2O4/c1-5-31-24(30)19-15(4)26-21(20(19)16-9-11-17(25)12-10-16)22(28)23(29)27-18-8-6-7-13(2)14(18)3/h6-12,26H,5H2,1-4H3,(H,27,29). The summed E-state index contributed by atoms with van der Waals surface area (Å²) in [5.41, 5.74) is 3.41. The Bertz CT molecular complexity index is 1160. The van der Waals surface area contributed by atoms with Gasteiger partial charge in [-0.2, -0.15) is 0 Å². The predicted molar refractivity (Wildman–Crippen MR) is 116 cm³/mol. The fourth-order valence-corrected chi connectivity index (χ4v) is 3.34.